The van der Waals surface area contributed by atoms with Crippen LogP contribution in [0.3, 0.4) is 0 Å². The number of aryl methyl sites for hydroxylation is 1. The lowest BCUT2D eigenvalue weighted by Gasteiger charge is -2.22. The molecule has 194 valence electrons. The molecule has 0 unspecified atom stereocenters. The molecule has 37 heavy (non-hydrogen) atoms. The molecule has 0 bridgehead atoms. The summed E-state index contributed by atoms with van der Waals surface area (Å²) in [4.78, 5) is 17.6. The van der Waals surface area contributed by atoms with Gasteiger partial charge in [-0.15, -0.1) is 0 Å². The minimum absolute atomic E-state index is 0.0452. The molecule has 0 atom stereocenters. The molecule has 0 radical (unpaired) electrons. The number of anilines is 1. The van der Waals surface area contributed by atoms with E-state index in [-0.39, 0.29) is 17.0 Å². The molecule has 0 aliphatic rings. The predicted molar refractivity (Wildman–Crippen MR) is 142 cm³/mol. The van der Waals surface area contributed by atoms with Gasteiger partial charge in [0, 0.05) is 37.5 Å². The Hall–Kier alpha value is -3.89. The van der Waals surface area contributed by atoms with Gasteiger partial charge >= 0.3 is 0 Å². The van der Waals surface area contributed by atoms with E-state index < -0.39 is 10.0 Å². The Morgan fingerprint density at radius 3 is 2.49 bits per heavy atom. The average Bonchev–Trinajstić information content (AvgIpc) is 3.18. The number of para-hydroxylation sites is 1. The van der Waals surface area contributed by atoms with Crippen LogP contribution in [0.4, 0.5) is 5.69 Å². The number of aromatic nitrogens is 3. The second-order valence-electron chi connectivity index (χ2n) is 8.38. The lowest BCUT2D eigenvalue weighted by atomic mass is 10.1. The van der Waals surface area contributed by atoms with E-state index in [0.29, 0.717) is 48.1 Å². The first-order chi connectivity index (χ1) is 17.8. The van der Waals surface area contributed by atoms with Crippen LogP contribution in [-0.4, -0.2) is 50.1 Å². The SMILES string of the molecule is CCN(c1ccccc1)S(=O)(=O)c1ccc(-n2[nH]c(C)c(Cc3cccc(OCCOC)c3)c2=O)nc1. The molecule has 9 nitrogen and oxygen atoms in total. The first-order valence-electron chi connectivity index (χ1n) is 11.9. The molecule has 1 N–H and O–H groups in total. The van der Waals surface area contributed by atoms with E-state index in [1.54, 1.807) is 38.3 Å². The van der Waals surface area contributed by atoms with E-state index in [2.05, 4.69) is 10.1 Å². The molecule has 0 amide bonds. The van der Waals surface area contributed by atoms with Gasteiger partial charge in [0.2, 0.25) is 0 Å². The van der Waals surface area contributed by atoms with Gasteiger partial charge in [0.15, 0.2) is 5.82 Å². The van der Waals surface area contributed by atoms with Crippen LogP contribution >= 0.6 is 0 Å². The molecule has 0 saturated heterocycles. The summed E-state index contributed by atoms with van der Waals surface area (Å²) < 4.78 is 39.8. The zero-order valence-corrected chi connectivity index (χ0v) is 21.9. The number of hydrogen-bond acceptors (Lipinski definition) is 6. The highest BCUT2D eigenvalue weighted by Crippen LogP contribution is 2.23. The first kappa shape index (κ1) is 26.2. The Bertz CT molecular complexity index is 1500. The second kappa shape index (κ2) is 11.4. The summed E-state index contributed by atoms with van der Waals surface area (Å²) >= 11 is 0. The quantitative estimate of drug-likeness (QED) is 0.301. The van der Waals surface area contributed by atoms with Crippen LogP contribution in [-0.2, 0) is 21.2 Å². The van der Waals surface area contributed by atoms with Gasteiger partial charge in [-0.25, -0.2) is 18.1 Å². The number of aromatic amines is 1. The highest BCUT2D eigenvalue weighted by molar-refractivity contribution is 7.92. The fourth-order valence-corrected chi connectivity index (χ4v) is 5.43. The molecule has 4 rings (SSSR count). The smallest absolute Gasteiger partial charge is 0.276 e. The van der Waals surface area contributed by atoms with Crippen molar-refractivity contribution in [3.8, 4) is 11.6 Å². The van der Waals surface area contributed by atoms with Crippen LogP contribution in [0.1, 0.15) is 23.7 Å². The Labute approximate surface area is 216 Å². The standard InChI is InChI=1S/C27H30N4O5S/c1-4-30(22-10-6-5-7-11-22)37(33,34)24-13-14-26(28-19-24)31-27(32)25(20(2)29-31)18-21-9-8-12-23(17-21)36-16-15-35-3/h5-14,17,19,29H,4,15-16,18H2,1-3H3. The number of H-pyrrole nitrogens is 1. The molecule has 2 heterocycles. The van der Waals surface area contributed by atoms with Crippen LogP contribution in [0, 0.1) is 6.92 Å². The van der Waals surface area contributed by atoms with E-state index in [1.165, 1.54) is 27.3 Å². The van der Waals surface area contributed by atoms with Crippen molar-refractivity contribution in [1.82, 2.24) is 14.8 Å². The number of pyridine rings is 1. The zero-order chi connectivity index (χ0) is 26.4. The molecule has 0 aliphatic heterocycles. The maximum atomic E-state index is 13.2. The van der Waals surface area contributed by atoms with Gasteiger partial charge in [-0.05, 0) is 55.8 Å². The van der Waals surface area contributed by atoms with E-state index in [9.17, 15) is 13.2 Å². The summed E-state index contributed by atoms with van der Waals surface area (Å²) in [5, 5.41) is 3.06. The Balaban J connectivity index is 1.57. The van der Waals surface area contributed by atoms with Gasteiger partial charge in [-0.1, -0.05) is 30.3 Å². The highest BCUT2D eigenvalue weighted by atomic mass is 32.2. The van der Waals surface area contributed by atoms with E-state index in [1.807, 2.05) is 37.3 Å². The van der Waals surface area contributed by atoms with Crippen molar-refractivity contribution in [2.75, 3.05) is 31.2 Å². The van der Waals surface area contributed by atoms with Crippen LogP contribution in [0.25, 0.3) is 5.82 Å². The van der Waals surface area contributed by atoms with Crippen LogP contribution in [0.15, 0.2) is 82.6 Å². The Morgan fingerprint density at radius 1 is 1.03 bits per heavy atom. The lowest BCUT2D eigenvalue weighted by Crippen LogP contribution is -2.30. The molecule has 2 aromatic carbocycles. The minimum atomic E-state index is -3.82. The van der Waals surface area contributed by atoms with Crippen LogP contribution in [0.5, 0.6) is 5.75 Å². The molecule has 2 aromatic heterocycles. The minimum Gasteiger partial charge on any atom is -0.491 e. The average molecular weight is 523 g/mol. The van der Waals surface area contributed by atoms with Gasteiger partial charge in [0.1, 0.15) is 17.3 Å². The highest BCUT2D eigenvalue weighted by Gasteiger charge is 2.24. The van der Waals surface area contributed by atoms with Crippen molar-refractivity contribution in [1.29, 1.82) is 0 Å². The largest absolute Gasteiger partial charge is 0.491 e. The summed E-state index contributed by atoms with van der Waals surface area (Å²) in [5.74, 6) is 1.01. The monoisotopic (exact) mass is 522 g/mol. The normalized spacial score (nSPS) is 11.4. The molecule has 4 aromatic rings. The summed E-state index contributed by atoms with van der Waals surface area (Å²) in [5.41, 5.74) is 2.55. The summed E-state index contributed by atoms with van der Waals surface area (Å²) in [6.07, 6.45) is 1.68. The molecular weight excluding hydrogens is 492 g/mol. The summed E-state index contributed by atoms with van der Waals surface area (Å²) in [6.45, 7) is 4.79. The Morgan fingerprint density at radius 2 is 1.81 bits per heavy atom. The number of nitrogens with one attached hydrogen (secondary N) is 1. The second-order valence-corrected chi connectivity index (χ2v) is 10.2. The topological polar surface area (TPSA) is 107 Å². The third kappa shape index (κ3) is 5.76. The van der Waals surface area contributed by atoms with E-state index >= 15 is 0 Å². The van der Waals surface area contributed by atoms with Crippen molar-refractivity contribution in [2.45, 2.75) is 25.2 Å². The third-order valence-electron chi connectivity index (χ3n) is 5.90. The van der Waals surface area contributed by atoms with Crippen molar-refractivity contribution in [3.05, 3.63) is 100 Å². The molecule has 0 fully saturated rings. The number of benzene rings is 2. The molecule has 0 aliphatic carbocycles. The van der Waals surface area contributed by atoms with Gasteiger partial charge in [0.25, 0.3) is 15.6 Å². The molecular formula is C27H30N4O5S. The molecule has 0 saturated carbocycles. The van der Waals surface area contributed by atoms with Crippen LogP contribution < -0.4 is 14.6 Å². The van der Waals surface area contributed by atoms with Gasteiger partial charge in [-0.2, -0.15) is 0 Å². The van der Waals surface area contributed by atoms with Gasteiger partial charge < -0.3 is 9.47 Å². The fraction of sp³-hybridized carbons (Fsp3) is 0.259. The molecule has 0 spiro atoms. The number of ether oxygens (including phenoxy) is 2. The maximum Gasteiger partial charge on any atom is 0.276 e. The van der Waals surface area contributed by atoms with Crippen molar-refractivity contribution < 1.29 is 17.9 Å². The van der Waals surface area contributed by atoms with Crippen molar-refractivity contribution in [2.24, 2.45) is 0 Å². The Kier molecular flexibility index (Phi) is 8.10. The zero-order valence-electron chi connectivity index (χ0n) is 21.0. The number of hydrogen-bond donors (Lipinski definition) is 1. The lowest BCUT2D eigenvalue weighted by molar-refractivity contribution is 0.146. The van der Waals surface area contributed by atoms with Gasteiger partial charge in [0.05, 0.1) is 12.3 Å². The summed E-state index contributed by atoms with van der Waals surface area (Å²) in [7, 11) is -2.20. The molecule has 10 heteroatoms. The number of sulfonamides is 1. The van der Waals surface area contributed by atoms with E-state index in [4.69, 9.17) is 9.47 Å². The summed E-state index contributed by atoms with van der Waals surface area (Å²) in [6, 6.07) is 19.5. The number of nitrogens with zero attached hydrogens (tertiary/aromatic N) is 3. The van der Waals surface area contributed by atoms with Crippen LogP contribution in [0.2, 0.25) is 0 Å². The third-order valence-corrected chi connectivity index (χ3v) is 7.78. The fourth-order valence-electron chi connectivity index (χ4n) is 4.01. The van der Waals surface area contributed by atoms with Gasteiger partial charge in [-0.3, -0.25) is 14.2 Å². The van der Waals surface area contributed by atoms with Crippen molar-refractivity contribution >= 4 is 15.7 Å². The number of methoxy groups -OCH3 is 1. The maximum absolute atomic E-state index is 13.2. The number of rotatable bonds is 11. The van der Waals surface area contributed by atoms with Crippen molar-refractivity contribution in [3.63, 3.8) is 0 Å². The first-order valence-corrected chi connectivity index (χ1v) is 13.3. The van der Waals surface area contributed by atoms with E-state index in [0.717, 1.165) is 5.56 Å². The predicted octanol–water partition coefficient (Wildman–Crippen LogP) is 3.70.